The maximum atomic E-state index is 14.0. The van der Waals surface area contributed by atoms with Gasteiger partial charge in [0.15, 0.2) is 6.04 Å². The zero-order valence-electron chi connectivity index (χ0n) is 24.7. The third kappa shape index (κ3) is 6.60. The SMILES string of the molecule is CC(C)(C)[N+]1(C(=O)O)CCc2ccc(Cl)cc2C1c1cc(C(=O)c2cncnc2N[C@@H]2C[C@H](COS(N)(=O)=O)[C@@H](O)C2)sc1Cl. The fourth-order valence-corrected chi connectivity index (χ4v) is 8.35. The Balaban J connectivity index is 1.49. The number of carboxylic acid groups (broad SMARTS) is 1. The van der Waals surface area contributed by atoms with Crippen LogP contribution in [0.2, 0.25) is 9.36 Å². The van der Waals surface area contributed by atoms with Crippen LogP contribution in [0.3, 0.4) is 0 Å². The number of quaternary nitrogens is 1. The summed E-state index contributed by atoms with van der Waals surface area (Å²) in [6, 6.07) is 6.02. The normalized spacial score (nSPS) is 25.1. The number of aliphatic hydroxyl groups is 1. The molecule has 2 aliphatic rings. The Kier molecular flexibility index (Phi) is 9.34. The fraction of sp³-hybridized carbons (Fsp3) is 0.448. The van der Waals surface area contributed by atoms with Gasteiger partial charge in [0.25, 0.3) is 0 Å². The van der Waals surface area contributed by atoms with Crippen LogP contribution >= 0.6 is 34.5 Å². The van der Waals surface area contributed by atoms with Gasteiger partial charge >= 0.3 is 16.4 Å². The summed E-state index contributed by atoms with van der Waals surface area (Å²) in [5, 5.41) is 29.8. The number of halogens is 2. The summed E-state index contributed by atoms with van der Waals surface area (Å²) >= 11 is 14.3. The number of nitrogens with one attached hydrogen (secondary N) is 1. The number of nitrogens with zero attached hydrogens (tertiary/aromatic N) is 3. The monoisotopic (exact) mass is 698 g/mol. The molecule has 12 nitrogen and oxygen atoms in total. The Morgan fingerprint density at radius 2 is 1.93 bits per heavy atom. The van der Waals surface area contributed by atoms with E-state index in [0.29, 0.717) is 30.0 Å². The molecule has 0 bridgehead atoms. The number of aliphatic hydroxyl groups excluding tert-OH is 1. The summed E-state index contributed by atoms with van der Waals surface area (Å²) in [4.78, 5) is 35.7. The molecule has 0 radical (unpaired) electrons. The van der Waals surface area contributed by atoms with Gasteiger partial charge in [-0.1, -0.05) is 29.3 Å². The largest absolute Gasteiger partial charge is 0.514 e. The average molecular weight is 700 g/mol. The van der Waals surface area contributed by atoms with Gasteiger partial charge in [0, 0.05) is 40.7 Å². The van der Waals surface area contributed by atoms with Crippen molar-refractivity contribution in [2.75, 3.05) is 18.5 Å². The van der Waals surface area contributed by atoms with Crippen LogP contribution < -0.4 is 10.5 Å². The van der Waals surface area contributed by atoms with Crippen LogP contribution in [0.25, 0.3) is 0 Å². The second-order valence-electron chi connectivity index (χ2n) is 12.4. The molecular weight excluding hydrogens is 665 g/mol. The molecule has 1 aliphatic heterocycles. The van der Waals surface area contributed by atoms with E-state index in [1.54, 1.807) is 18.2 Å². The Hall–Kier alpha value is -2.69. The number of hydrogen-bond acceptors (Lipinski definition) is 10. The first kappa shape index (κ1) is 33.7. The first-order chi connectivity index (χ1) is 21.0. The minimum absolute atomic E-state index is 0.155. The highest BCUT2D eigenvalue weighted by Crippen LogP contribution is 2.50. The average Bonchev–Trinajstić information content (AvgIpc) is 3.50. The molecule has 0 spiro atoms. The van der Waals surface area contributed by atoms with Gasteiger partial charge < -0.3 is 15.5 Å². The number of anilines is 1. The van der Waals surface area contributed by atoms with Gasteiger partial charge in [-0.3, -0.25) is 8.98 Å². The predicted molar refractivity (Wildman–Crippen MR) is 170 cm³/mol. The van der Waals surface area contributed by atoms with Crippen molar-refractivity contribution in [2.24, 2.45) is 11.1 Å². The molecule has 5 atom stereocenters. The number of carbonyl (C=O) groups excluding carboxylic acids is 1. The summed E-state index contributed by atoms with van der Waals surface area (Å²) in [6.07, 6.45) is 1.92. The van der Waals surface area contributed by atoms with E-state index < -0.39 is 45.8 Å². The van der Waals surface area contributed by atoms with Crippen LogP contribution in [0.15, 0.2) is 36.8 Å². The highest BCUT2D eigenvalue weighted by Gasteiger charge is 2.57. The van der Waals surface area contributed by atoms with E-state index in [4.69, 9.17) is 28.3 Å². The molecule has 1 fully saturated rings. The van der Waals surface area contributed by atoms with E-state index in [2.05, 4.69) is 19.5 Å². The standard InChI is InChI=1S/C29H33Cl2N5O7S2/c1-29(2,3)36(28(39)40)7-6-15-4-5-17(30)9-19(15)24(36)20-11-23(44-26(20)31)25(38)21-12-33-14-34-27(21)35-18-8-16(22(37)10-18)13-43-45(32,41)42/h4-5,9,11-12,14,16,18,22,24,37H,6-8,10,13H2,1-3H3,(H3-,32,33,34,35,38,39,40,41,42)/p+1/t16-,18-,22+,24?,36?/m1/s1. The van der Waals surface area contributed by atoms with Gasteiger partial charge in [0.05, 0.1) is 29.7 Å². The summed E-state index contributed by atoms with van der Waals surface area (Å²) in [6.45, 7) is 5.66. The number of aromatic nitrogens is 2. The lowest BCUT2D eigenvalue weighted by atomic mass is 9.82. The Labute approximate surface area is 275 Å². The van der Waals surface area contributed by atoms with Gasteiger partial charge in [-0.05, 0) is 57.4 Å². The summed E-state index contributed by atoms with van der Waals surface area (Å²) in [5.41, 5.74) is 1.62. The zero-order valence-corrected chi connectivity index (χ0v) is 27.9. The smallest absolute Gasteiger partial charge is 0.435 e. The maximum Gasteiger partial charge on any atom is 0.514 e. The molecule has 242 valence electrons. The second kappa shape index (κ2) is 12.5. The number of fused-ring (bicyclic) bond motifs is 1. The van der Waals surface area contributed by atoms with Crippen LogP contribution in [0.1, 0.15) is 71.6 Å². The molecule has 0 saturated heterocycles. The third-order valence-electron chi connectivity index (χ3n) is 8.75. The van der Waals surface area contributed by atoms with E-state index in [-0.39, 0.29) is 44.1 Å². The molecule has 45 heavy (non-hydrogen) atoms. The number of thiophene rings is 1. The van der Waals surface area contributed by atoms with E-state index >= 15 is 0 Å². The Morgan fingerprint density at radius 1 is 1.20 bits per heavy atom. The first-order valence-electron chi connectivity index (χ1n) is 14.2. The lowest BCUT2D eigenvalue weighted by molar-refractivity contribution is -0.928. The van der Waals surface area contributed by atoms with Crippen LogP contribution in [-0.4, -0.2) is 75.8 Å². The maximum absolute atomic E-state index is 14.0. The molecule has 5 N–H and O–H groups in total. The summed E-state index contributed by atoms with van der Waals surface area (Å²) in [7, 11) is -4.16. The van der Waals surface area contributed by atoms with Crippen molar-refractivity contribution in [1.29, 1.82) is 0 Å². The van der Waals surface area contributed by atoms with Gasteiger partial charge in [-0.25, -0.2) is 19.6 Å². The summed E-state index contributed by atoms with van der Waals surface area (Å²) in [5.74, 6) is -0.690. The third-order valence-corrected chi connectivity index (χ3v) is 10.8. The van der Waals surface area contributed by atoms with Crippen LogP contribution in [-0.2, 0) is 20.9 Å². The first-order valence-corrected chi connectivity index (χ1v) is 17.2. The van der Waals surface area contributed by atoms with E-state index in [9.17, 15) is 28.2 Å². The van der Waals surface area contributed by atoms with Crippen molar-refractivity contribution in [1.82, 2.24) is 9.97 Å². The van der Waals surface area contributed by atoms with Crippen molar-refractivity contribution in [2.45, 2.75) is 63.8 Å². The van der Waals surface area contributed by atoms with Crippen molar-refractivity contribution in [3.05, 3.63) is 73.3 Å². The number of nitrogens with two attached hydrogens (primary N) is 1. The number of ketones is 1. The molecule has 1 aliphatic carbocycles. The molecule has 16 heteroatoms. The van der Waals surface area contributed by atoms with Crippen LogP contribution in [0.5, 0.6) is 0 Å². The number of benzene rings is 1. The van der Waals surface area contributed by atoms with Gasteiger partial charge in [-0.2, -0.15) is 13.2 Å². The predicted octanol–water partition coefficient (Wildman–Crippen LogP) is 4.79. The molecule has 3 aromatic rings. The van der Waals surface area contributed by atoms with Crippen LogP contribution in [0, 0.1) is 5.92 Å². The minimum atomic E-state index is -4.16. The molecule has 1 aromatic carbocycles. The highest BCUT2D eigenvalue weighted by atomic mass is 35.5. The molecule has 1 amide bonds. The number of hydrogen-bond donors (Lipinski definition) is 4. The van der Waals surface area contributed by atoms with E-state index in [0.717, 1.165) is 22.5 Å². The van der Waals surface area contributed by atoms with Gasteiger partial charge in [0.2, 0.25) is 5.78 Å². The van der Waals surface area contributed by atoms with Crippen molar-refractivity contribution < 1.29 is 36.9 Å². The number of amides is 1. The minimum Gasteiger partial charge on any atom is -0.435 e. The fourth-order valence-electron chi connectivity index (χ4n) is 6.53. The zero-order chi connectivity index (χ0) is 32.9. The van der Waals surface area contributed by atoms with Crippen molar-refractivity contribution in [3.8, 4) is 0 Å². The number of rotatable bonds is 8. The highest BCUT2D eigenvalue weighted by molar-refractivity contribution is 7.84. The van der Waals surface area contributed by atoms with E-state index in [1.807, 2.05) is 26.8 Å². The number of carbonyl (C=O) groups is 2. The van der Waals surface area contributed by atoms with Crippen LogP contribution in [0.4, 0.5) is 10.6 Å². The molecule has 2 unspecified atom stereocenters. The van der Waals surface area contributed by atoms with E-state index in [1.165, 1.54) is 12.5 Å². The second-order valence-corrected chi connectivity index (χ2v) is 15.7. The lowest BCUT2D eigenvalue weighted by Gasteiger charge is -2.51. The quantitative estimate of drug-likeness (QED) is 0.189. The molecule has 5 rings (SSSR count). The molecule has 2 aromatic heterocycles. The molecule has 1 saturated carbocycles. The molecular formula is C29H34Cl2N5O7S2+. The lowest BCUT2D eigenvalue weighted by Crippen LogP contribution is -2.67. The van der Waals surface area contributed by atoms with Gasteiger partial charge in [-0.15, -0.1) is 11.3 Å². The molecule has 3 heterocycles. The topological polar surface area (TPSA) is 182 Å². The Morgan fingerprint density at radius 3 is 2.60 bits per heavy atom. The Bertz CT molecular complexity index is 1750. The van der Waals surface area contributed by atoms with Crippen molar-refractivity contribution in [3.63, 3.8) is 0 Å². The van der Waals surface area contributed by atoms with Crippen molar-refractivity contribution >= 4 is 62.5 Å². The van der Waals surface area contributed by atoms with Gasteiger partial charge in [0.1, 0.15) is 22.0 Å². The summed E-state index contributed by atoms with van der Waals surface area (Å²) < 4.78 is 27.0.